The van der Waals surface area contributed by atoms with E-state index in [2.05, 4.69) is 11.9 Å². The highest BCUT2D eigenvalue weighted by Crippen LogP contribution is 2.30. The average molecular weight is 291 g/mol. The van der Waals surface area contributed by atoms with E-state index in [1.54, 1.807) is 6.08 Å². The highest BCUT2D eigenvalue weighted by atomic mass is 16.7. The molecule has 2 N–H and O–H groups in total. The predicted molar refractivity (Wildman–Crippen MR) is 77.6 cm³/mol. The molecule has 2 aliphatic rings. The van der Waals surface area contributed by atoms with Gasteiger partial charge in [-0.1, -0.05) is 36.4 Å². The number of rotatable bonds is 6. The molecule has 2 fully saturated rings. The Labute approximate surface area is 124 Å². The van der Waals surface area contributed by atoms with E-state index in [0.717, 1.165) is 5.56 Å². The molecule has 21 heavy (non-hydrogen) atoms. The molecule has 0 aromatic heterocycles. The summed E-state index contributed by atoms with van der Waals surface area (Å²) in [4.78, 5) is 0. The van der Waals surface area contributed by atoms with Crippen LogP contribution < -0.4 is 5.32 Å². The van der Waals surface area contributed by atoms with Gasteiger partial charge in [-0.2, -0.15) is 0 Å². The third-order valence-electron chi connectivity index (χ3n) is 3.89. The first-order valence-corrected chi connectivity index (χ1v) is 7.24. The van der Waals surface area contributed by atoms with Crippen molar-refractivity contribution < 1.29 is 19.3 Å². The summed E-state index contributed by atoms with van der Waals surface area (Å²) in [6, 6.07) is 9.70. The highest BCUT2D eigenvalue weighted by molar-refractivity contribution is 5.13. The van der Waals surface area contributed by atoms with E-state index in [0.29, 0.717) is 19.8 Å². The van der Waals surface area contributed by atoms with Gasteiger partial charge in [-0.05, 0) is 5.56 Å². The largest absolute Gasteiger partial charge is 0.389 e. The van der Waals surface area contributed by atoms with Crippen LogP contribution in [0.3, 0.4) is 0 Å². The molecule has 2 heterocycles. The standard InChI is InChI=1S/C16H21NO4/c1-2-8-17-13-14(18)12-10-20-16(21-12)15(13)19-9-11-6-4-3-5-7-11/h2-7,12-18H,1,8-10H2/t12-,13+,14-,15+,16-/m1/s1. The highest BCUT2D eigenvalue weighted by Gasteiger charge is 2.50. The van der Waals surface area contributed by atoms with Crippen LogP contribution in [0, 0.1) is 0 Å². The van der Waals surface area contributed by atoms with Crippen molar-refractivity contribution in [2.45, 2.75) is 37.3 Å². The number of ether oxygens (including phenoxy) is 3. The Balaban J connectivity index is 1.68. The van der Waals surface area contributed by atoms with E-state index < -0.39 is 12.4 Å². The molecular formula is C16H21NO4. The molecular weight excluding hydrogens is 270 g/mol. The van der Waals surface area contributed by atoms with Gasteiger partial charge in [0.25, 0.3) is 0 Å². The van der Waals surface area contributed by atoms with Crippen LogP contribution in [0.5, 0.6) is 0 Å². The molecule has 0 amide bonds. The quantitative estimate of drug-likeness (QED) is 0.760. The molecule has 5 nitrogen and oxygen atoms in total. The van der Waals surface area contributed by atoms with E-state index in [1.807, 2.05) is 30.3 Å². The number of benzene rings is 1. The first kappa shape index (κ1) is 14.7. The van der Waals surface area contributed by atoms with Crippen molar-refractivity contribution >= 4 is 0 Å². The summed E-state index contributed by atoms with van der Waals surface area (Å²) in [5, 5.41) is 13.6. The molecule has 2 aliphatic heterocycles. The summed E-state index contributed by atoms with van der Waals surface area (Å²) >= 11 is 0. The summed E-state index contributed by atoms with van der Waals surface area (Å²) < 4.78 is 17.2. The van der Waals surface area contributed by atoms with Crippen molar-refractivity contribution in [3.05, 3.63) is 48.6 Å². The molecule has 0 spiro atoms. The molecule has 0 radical (unpaired) electrons. The van der Waals surface area contributed by atoms with Crippen LogP contribution in [-0.4, -0.2) is 48.9 Å². The number of nitrogens with one attached hydrogen (secondary N) is 1. The van der Waals surface area contributed by atoms with Gasteiger partial charge >= 0.3 is 0 Å². The molecule has 5 atom stereocenters. The number of hydrogen-bond acceptors (Lipinski definition) is 5. The van der Waals surface area contributed by atoms with Crippen molar-refractivity contribution in [3.63, 3.8) is 0 Å². The lowest BCUT2D eigenvalue weighted by molar-refractivity contribution is -0.214. The van der Waals surface area contributed by atoms with Gasteiger partial charge in [0.1, 0.15) is 18.3 Å². The Hall–Kier alpha value is -1.24. The topological polar surface area (TPSA) is 60.0 Å². The Bertz CT molecular complexity index is 467. The van der Waals surface area contributed by atoms with E-state index in [1.165, 1.54) is 0 Å². The monoisotopic (exact) mass is 291 g/mol. The lowest BCUT2D eigenvalue weighted by Gasteiger charge is -2.38. The molecule has 1 aromatic rings. The van der Waals surface area contributed by atoms with Gasteiger partial charge in [0.15, 0.2) is 6.29 Å². The molecule has 5 heteroatoms. The van der Waals surface area contributed by atoms with Gasteiger partial charge < -0.3 is 24.6 Å². The van der Waals surface area contributed by atoms with Crippen LogP contribution in [0.2, 0.25) is 0 Å². The van der Waals surface area contributed by atoms with Crippen molar-refractivity contribution in [3.8, 4) is 0 Å². The minimum Gasteiger partial charge on any atom is -0.389 e. The van der Waals surface area contributed by atoms with Crippen LogP contribution in [0.1, 0.15) is 5.56 Å². The maximum atomic E-state index is 10.4. The zero-order chi connectivity index (χ0) is 14.7. The van der Waals surface area contributed by atoms with Crippen LogP contribution in [0.25, 0.3) is 0 Å². The van der Waals surface area contributed by atoms with Crippen LogP contribution in [0.15, 0.2) is 43.0 Å². The maximum absolute atomic E-state index is 10.4. The van der Waals surface area contributed by atoms with Gasteiger partial charge in [-0.3, -0.25) is 0 Å². The molecule has 2 saturated heterocycles. The maximum Gasteiger partial charge on any atom is 0.186 e. The summed E-state index contributed by atoms with van der Waals surface area (Å²) in [6.45, 7) is 5.16. The summed E-state index contributed by atoms with van der Waals surface area (Å²) in [5.41, 5.74) is 1.08. The molecule has 2 bridgehead atoms. The predicted octanol–water partition coefficient (Wildman–Crippen LogP) is 0.832. The molecule has 0 unspecified atom stereocenters. The van der Waals surface area contributed by atoms with Gasteiger partial charge in [0.05, 0.1) is 19.3 Å². The Morgan fingerprint density at radius 2 is 2.19 bits per heavy atom. The lowest BCUT2D eigenvalue weighted by atomic mass is 9.97. The fraction of sp³-hybridized carbons (Fsp3) is 0.500. The number of hydrogen-bond donors (Lipinski definition) is 2. The van der Waals surface area contributed by atoms with E-state index in [-0.39, 0.29) is 18.2 Å². The van der Waals surface area contributed by atoms with E-state index in [4.69, 9.17) is 14.2 Å². The number of aliphatic hydroxyl groups is 1. The van der Waals surface area contributed by atoms with E-state index >= 15 is 0 Å². The third-order valence-corrected chi connectivity index (χ3v) is 3.89. The second kappa shape index (κ2) is 6.68. The van der Waals surface area contributed by atoms with Crippen molar-refractivity contribution in [1.29, 1.82) is 0 Å². The first-order valence-electron chi connectivity index (χ1n) is 7.24. The Morgan fingerprint density at radius 1 is 1.38 bits per heavy atom. The van der Waals surface area contributed by atoms with Crippen molar-refractivity contribution in [1.82, 2.24) is 5.32 Å². The van der Waals surface area contributed by atoms with Gasteiger partial charge in [0.2, 0.25) is 0 Å². The van der Waals surface area contributed by atoms with Crippen molar-refractivity contribution in [2.75, 3.05) is 13.2 Å². The van der Waals surface area contributed by atoms with Crippen molar-refractivity contribution in [2.24, 2.45) is 0 Å². The minimum atomic E-state index is -0.649. The fourth-order valence-corrected chi connectivity index (χ4v) is 2.79. The first-order chi connectivity index (χ1) is 10.3. The smallest absolute Gasteiger partial charge is 0.186 e. The van der Waals surface area contributed by atoms with Crippen LogP contribution >= 0.6 is 0 Å². The van der Waals surface area contributed by atoms with Gasteiger partial charge in [0, 0.05) is 6.54 Å². The Kier molecular flexibility index (Phi) is 4.67. The Morgan fingerprint density at radius 3 is 2.95 bits per heavy atom. The zero-order valence-electron chi connectivity index (χ0n) is 11.9. The fourth-order valence-electron chi connectivity index (χ4n) is 2.79. The normalized spacial score (nSPS) is 34.8. The molecule has 0 aliphatic carbocycles. The summed E-state index contributed by atoms with van der Waals surface area (Å²) in [5.74, 6) is 0. The average Bonchev–Trinajstić information content (AvgIpc) is 2.96. The SMILES string of the molecule is C=CCN[C@H]1[C@H](O)[C@H]2CO[C@H](O2)[C@H]1OCc1ccccc1. The van der Waals surface area contributed by atoms with Gasteiger partial charge in [-0.15, -0.1) is 6.58 Å². The van der Waals surface area contributed by atoms with Gasteiger partial charge in [-0.25, -0.2) is 0 Å². The second-order valence-electron chi connectivity index (χ2n) is 5.35. The molecule has 1 aromatic carbocycles. The zero-order valence-corrected chi connectivity index (χ0v) is 11.9. The number of aliphatic hydroxyl groups excluding tert-OH is 1. The number of fused-ring (bicyclic) bond motifs is 2. The second-order valence-corrected chi connectivity index (χ2v) is 5.35. The lowest BCUT2D eigenvalue weighted by Crippen LogP contribution is -2.60. The third kappa shape index (κ3) is 3.17. The molecule has 0 saturated carbocycles. The minimum absolute atomic E-state index is 0.224. The molecule has 3 rings (SSSR count). The summed E-state index contributed by atoms with van der Waals surface area (Å²) in [6.07, 6.45) is 0.0563. The van der Waals surface area contributed by atoms with Crippen LogP contribution in [0.4, 0.5) is 0 Å². The molecule has 114 valence electrons. The summed E-state index contributed by atoms with van der Waals surface area (Å²) in [7, 11) is 0. The van der Waals surface area contributed by atoms with E-state index in [9.17, 15) is 5.11 Å². The van der Waals surface area contributed by atoms with Crippen LogP contribution in [-0.2, 0) is 20.8 Å².